The van der Waals surface area contributed by atoms with Gasteiger partial charge in [-0.25, -0.2) is 0 Å². The SMILES string of the molecule is CCC(=O)c1ccc(-c2ccc(C)cc2C)s1. The smallest absolute Gasteiger partial charge is 0.172 e. The molecular formula is C15H16OS. The fourth-order valence-electron chi connectivity index (χ4n) is 1.90. The number of thiophene rings is 1. The van der Waals surface area contributed by atoms with Crippen molar-refractivity contribution in [2.45, 2.75) is 27.2 Å². The van der Waals surface area contributed by atoms with E-state index >= 15 is 0 Å². The van der Waals surface area contributed by atoms with E-state index in [0.717, 1.165) is 4.88 Å². The van der Waals surface area contributed by atoms with Crippen molar-refractivity contribution in [3.8, 4) is 10.4 Å². The van der Waals surface area contributed by atoms with Crippen molar-refractivity contribution in [2.75, 3.05) is 0 Å². The molecule has 0 amide bonds. The van der Waals surface area contributed by atoms with Crippen molar-refractivity contribution in [3.05, 3.63) is 46.3 Å². The van der Waals surface area contributed by atoms with E-state index in [1.807, 2.05) is 19.1 Å². The van der Waals surface area contributed by atoms with Crippen LogP contribution in [-0.4, -0.2) is 5.78 Å². The van der Waals surface area contributed by atoms with E-state index in [9.17, 15) is 4.79 Å². The van der Waals surface area contributed by atoms with Gasteiger partial charge in [-0.3, -0.25) is 4.79 Å². The van der Waals surface area contributed by atoms with Crippen molar-refractivity contribution in [2.24, 2.45) is 0 Å². The Labute approximate surface area is 106 Å². The van der Waals surface area contributed by atoms with E-state index in [0.29, 0.717) is 6.42 Å². The summed E-state index contributed by atoms with van der Waals surface area (Å²) in [6.07, 6.45) is 0.576. The van der Waals surface area contributed by atoms with Gasteiger partial charge in [0.1, 0.15) is 0 Å². The van der Waals surface area contributed by atoms with Crippen molar-refractivity contribution in [1.29, 1.82) is 0 Å². The van der Waals surface area contributed by atoms with Crippen LogP contribution in [0.4, 0.5) is 0 Å². The second-order valence-electron chi connectivity index (χ2n) is 4.26. The van der Waals surface area contributed by atoms with E-state index in [1.54, 1.807) is 11.3 Å². The fraction of sp³-hybridized carbons (Fsp3) is 0.267. The molecule has 0 aliphatic rings. The lowest BCUT2D eigenvalue weighted by Gasteiger charge is -2.03. The number of carbonyl (C=O) groups excluding carboxylic acids is 1. The molecule has 2 aromatic rings. The Hall–Kier alpha value is -1.41. The highest BCUT2D eigenvalue weighted by Gasteiger charge is 2.09. The first-order chi connectivity index (χ1) is 8.11. The van der Waals surface area contributed by atoms with Crippen LogP contribution in [-0.2, 0) is 0 Å². The van der Waals surface area contributed by atoms with E-state index in [1.165, 1.54) is 21.6 Å². The zero-order valence-corrected chi connectivity index (χ0v) is 11.2. The van der Waals surface area contributed by atoms with E-state index in [4.69, 9.17) is 0 Å². The van der Waals surface area contributed by atoms with Crippen LogP contribution in [0.5, 0.6) is 0 Å². The van der Waals surface area contributed by atoms with Crippen molar-refractivity contribution in [1.82, 2.24) is 0 Å². The van der Waals surface area contributed by atoms with Gasteiger partial charge in [0.15, 0.2) is 5.78 Å². The summed E-state index contributed by atoms with van der Waals surface area (Å²) in [7, 11) is 0. The molecule has 0 N–H and O–H groups in total. The van der Waals surface area contributed by atoms with Crippen LogP contribution in [0, 0.1) is 13.8 Å². The molecule has 1 aromatic carbocycles. The molecule has 0 saturated carbocycles. The molecule has 0 saturated heterocycles. The summed E-state index contributed by atoms with van der Waals surface area (Å²) < 4.78 is 0. The number of carbonyl (C=O) groups is 1. The maximum absolute atomic E-state index is 11.6. The Morgan fingerprint density at radius 2 is 1.94 bits per heavy atom. The van der Waals surface area contributed by atoms with Gasteiger partial charge in [-0.15, -0.1) is 11.3 Å². The first-order valence-corrected chi connectivity index (χ1v) is 6.64. The van der Waals surface area contributed by atoms with Crippen LogP contribution in [0.2, 0.25) is 0 Å². The zero-order chi connectivity index (χ0) is 12.4. The standard InChI is InChI=1S/C15H16OS/c1-4-13(16)15-8-7-14(17-15)12-6-5-10(2)9-11(12)3/h5-9H,4H2,1-3H3. The molecule has 2 rings (SSSR count). The Bertz CT molecular complexity index is 552. The quantitative estimate of drug-likeness (QED) is 0.720. The molecule has 1 nitrogen and oxygen atoms in total. The number of aryl methyl sites for hydroxylation is 2. The summed E-state index contributed by atoms with van der Waals surface area (Å²) in [5.41, 5.74) is 3.77. The Morgan fingerprint density at radius 3 is 2.59 bits per heavy atom. The maximum atomic E-state index is 11.6. The van der Waals surface area contributed by atoms with E-state index in [2.05, 4.69) is 32.0 Å². The third-order valence-electron chi connectivity index (χ3n) is 2.85. The molecule has 2 heteroatoms. The minimum absolute atomic E-state index is 0.228. The molecular weight excluding hydrogens is 228 g/mol. The predicted octanol–water partition coefficient (Wildman–Crippen LogP) is 4.62. The Balaban J connectivity index is 2.40. The largest absolute Gasteiger partial charge is 0.293 e. The molecule has 1 heterocycles. The van der Waals surface area contributed by atoms with Gasteiger partial charge in [-0.05, 0) is 37.1 Å². The lowest BCUT2D eigenvalue weighted by atomic mass is 10.0. The number of ketones is 1. The van der Waals surface area contributed by atoms with E-state index in [-0.39, 0.29) is 5.78 Å². The van der Waals surface area contributed by atoms with Gasteiger partial charge in [0.25, 0.3) is 0 Å². The van der Waals surface area contributed by atoms with Gasteiger partial charge in [0.05, 0.1) is 4.88 Å². The third kappa shape index (κ3) is 2.47. The summed E-state index contributed by atoms with van der Waals surface area (Å²) in [6.45, 7) is 6.11. The fourth-order valence-corrected chi connectivity index (χ4v) is 3.00. The highest BCUT2D eigenvalue weighted by molar-refractivity contribution is 7.17. The van der Waals surface area contributed by atoms with Crippen LogP contribution in [0.1, 0.15) is 34.1 Å². The molecule has 1 aromatic heterocycles. The molecule has 0 aliphatic carbocycles. The van der Waals surface area contributed by atoms with Crippen LogP contribution >= 0.6 is 11.3 Å². The minimum atomic E-state index is 0.228. The molecule has 0 radical (unpaired) electrons. The molecule has 17 heavy (non-hydrogen) atoms. The Morgan fingerprint density at radius 1 is 1.18 bits per heavy atom. The number of rotatable bonds is 3. The predicted molar refractivity (Wildman–Crippen MR) is 73.9 cm³/mol. The monoisotopic (exact) mass is 244 g/mol. The average Bonchev–Trinajstić information content (AvgIpc) is 2.77. The second-order valence-corrected chi connectivity index (χ2v) is 5.34. The van der Waals surface area contributed by atoms with Crippen molar-refractivity contribution in [3.63, 3.8) is 0 Å². The highest BCUT2D eigenvalue weighted by Crippen LogP contribution is 2.31. The third-order valence-corrected chi connectivity index (χ3v) is 4.01. The number of hydrogen-bond acceptors (Lipinski definition) is 2. The van der Waals surface area contributed by atoms with Gasteiger partial charge < -0.3 is 0 Å². The Kier molecular flexibility index (Phi) is 3.43. The molecule has 0 bridgehead atoms. The van der Waals surface area contributed by atoms with Crippen LogP contribution < -0.4 is 0 Å². The molecule has 0 atom stereocenters. The van der Waals surface area contributed by atoms with Crippen LogP contribution in [0.25, 0.3) is 10.4 Å². The lowest BCUT2D eigenvalue weighted by Crippen LogP contribution is -1.90. The summed E-state index contributed by atoms with van der Waals surface area (Å²) in [6, 6.07) is 10.4. The molecule has 0 fully saturated rings. The van der Waals surface area contributed by atoms with Gasteiger partial charge in [0.2, 0.25) is 0 Å². The van der Waals surface area contributed by atoms with Crippen LogP contribution in [0.15, 0.2) is 30.3 Å². The number of Topliss-reactive ketones (excluding diaryl/α,β-unsaturated/α-hetero) is 1. The normalized spacial score (nSPS) is 10.5. The summed E-state index contributed by atoms with van der Waals surface area (Å²) in [4.78, 5) is 13.7. The van der Waals surface area contributed by atoms with Gasteiger partial charge >= 0.3 is 0 Å². The van der Waals surface area contributed by atoms with Crippen LogP contribution in [0.3, 0.4) is 0 Å². The van der Waals surface area contributed by atoms with Crippen molar-refractivity contribution >= 4 is 17.1 Å². The lowest BCUT2D eigenvalue weighted by molar-refractivity contribution is 0.0992. The average molecular weight is 244 g/mol. The number of benzene rings is 1. The van der Waals surface area contributed by atoms with Crippen molar-refractivity contribution < 1.29 is 4.79 Å². The van der Waals surface area contributed by atoms with Gasteiger partial charge in [-0.1, -0.05) is 30.7 Å². The topological polar surface area (TPSA) is 17.1 Å². The van der Waals surface area contributed by atoms with E-state index < -0.39 is 0 Å². The zero-order valence-electron chi connectivity index (χ0n) is 10.4. The molecule has 0 aliphatic heterocycles. The highest BCUT2D eigenvalue weighted by atomic mass is 32.1. The minimum Gasteiger partial charge on any atom is -0.293 e. The van der Waals surface area contributed by atoms with Gasteiger partial charge in [0, 0.05) is 11.3 Å². The maximum Gasteiger partial charge on any atom is 0.172 e. The summed E-state index contributed by atoms with van der Waals surface area (Å²) in [5, 5.41) is 0. The first-order valence-electron chi connectivity index (χ1n) is 5.82. The van der Waals surface area contributed by atoms with Gasteiger partial charge in [-0.2, -0.15) is 0 Å². The summed E-state index contributed by atoms with van der Waals surface area (Å²) >= 11 is 1.59. The second kappa shape index (κ2) is 4.84. The first kappa shape index (κ1) is 12.1. The number of hydrogen-bond donors (Lipinski definition) is 0. The molecule has 88 valence electrons. The molecule has 0 spiro atoms. The molecule has 0 unspecified atom stereocenters. The summed E-state index contributed by atoms with van der Waals surface area (Å²) in [5.74, 6) is 0.228.